The molecule has 0 fully saturated rings. The number of fused-ring (bicyclic) bond motifs is 1. The summed E-state index contributed by atoms with van der Waals surface area (Å²) in [4.78, 5) is 30.9. The van der Waals surface area contributed by atoms with Gasteiger partial charge < -0.3 is 14.6 Å². The fourth-order valence-electron chi connectivity index (χ4n) is 2.59. The molecule has 1 N–H and O–H groups in total. The summed E-state index contributed by atoms with van der Waals surface area (Å²) < 4.78 is 19.4. The molecule has 0 spiro atoms. The van der Waals surface area contributed by atoms with Crippen molar-refractivity contribution in [2.75, 3.05) is 27.2 Å². The van der Waals surface area contributed by atoms with Gasteiger partial charge in [0, 0.05) is 12.6 Å². The molecule has 136 valence electrons. The maximum Gasteiger partial charge on any atom is 0.232 e. The van der Waals surface area contributed by atoms with Crippen molar-refractivity contribution in [1.82, 2.24) is 15.2 Å². The predicted molar refractivity (Wildman–Crippen MR) is 94.8 cm³/mol. The van der Waals surface area contributed by atoms with E-state index in [1.54, 1.807) is 0 Å². The van der Waals surface area contributed by atoms with Crippen molar-refractivity contribution < 1.29 is 18.4 Å². The van der Waals surface area contributed by atoms with Crippen LogP contribution in [0.1, 0.15) is 27.5 Å². The van der Waals surface area contributed by atoms with Gasteiger partial charge in [0.25, 0.3) is 0 Å². The highest BCUT2D eigenvalue weighted by Crippen LogP contribution is 2.33. The summed E-state index contributed by atoms with van der Waals surface area (Å²) in [5.74, 6) is -2.01. The zero-order valence-electron chi connectivity index (χ0n) is 14.3. The lowest BCUT2D eigenvalue weighted by Crippen LogP contribution is -2.28. The fourth-order valence-corrected chi connectivity index (χ4v) is 2.83. The summed E-state index contributed by atoms with van der Waals surface area (Å²) in [5, 5.41) is 3.03. The molecular formula is C18H17ClFN3O3. The largest absolute Gasteiger partial charge is 0.432 e. The van der Waals surface area contributed by atoms with Crippen molar-refractivity contribution in [3.05, 3.63) is 52.3 Å². The molecule has 6 nitrogen and oxygen atoms in total. The third-order valence-electron chi connectivity index (χ3n) is 3.86. The quantitative estimate of drug-likeness (QED) is 0.780. The second kappa shape index (κ2) is 7.39. The van der Waals surface area contributed by atoms with Gasteiger partial charge in [0.05, 0.1) is 16.3 Å². The summed E-state index contributed by atoms with van der Waals surface area (Å²) in [5.41, 5.74) is -0.0627. The van der Waals surface area contributed by atoms with Gasteiger partial charge in [0.15, 0.2) is 5.69 Å². The van der Waals surface area contributed by atoms with Gasteiger partial charge in [-0.25, -0.2) is 9.37 Å². The van der Waals surface area contributed by atoms with Crippen LogP contribution in [0.4, 0.5) is 4.39 Å². The molecule has 3 rings (SSSR count). The molecule has 0 radical (unpaired) electrons. The van der Waals surface area contributed by atoms with E-state index in [1.807, 2.05) is 19.0 Å². The molecule has 1 aromatic heterocycles. The number of Topliss-reactive ketones (excluding diaryl/α,β-unsaturated/α-hetero) is 1. The Labute approximate surface area is 154 Å². The van der Waals surface area contributed by atoms with Gasteiger partial charge in [-0.2, -0.15) is 0 Å². The van der Waals surface area contributed by atoms with E-state index in [0.717, 1.165) is 13.0 Å². The van der Waals surface area contributed by atoms with E-state index in [0.29, 0.717) is 6.54 Å². The van der Waals surface area contributed by atoms with Crippen LogP contribution in [0.2, 0.25) is 5.02 Å². The van der Waals surface area contributed by atoms with Crippen LogP contribution in [0.5, 0.6) is 0 Å². The van der Waals surface area contributed by atoms with Crippen LogP contribution in [0.3, 0.4) is 0 Å². The molecule has 0 bridgehead atoms. The lowest BCUT2D eigenvalue weighted by Gasteiger charge is -2.13. The van der Waals surface area contributed by atoms with Crippen molar-refractivity contribution in [1.29, 1.82) is 0 Å². The molecule has 1 heterocycles. The lowest BCUT2D eigenvalue weighted by atomic mass is 10.0. The van der Waals surface area contributed by atoms with E-state index in [4.69, 9.17) is 16.0 Å². The van der Waals surface area contributed by atoms with Crippen LogP contribution >= 0.6 is 11.6 Å². The lowest BCUT2D eigenvalue weighted by molar-refractivity contribution is 0.0960. The molecule has 0 saturated carbocycles. The van der Waals surface area contributed by atoms with E-state index < -0.39 is 17.4 Å². The molecular weight excluding hydrogens is 361 g/mol. The molecule has 2 aromatic rings. The van der Waals surface area contributed by atoms with Crippen LogP contribution in [0.15, 0.2) is 34.4 Å². The Kier molecular flexibility index (Phi) is 5.20. The Hall–Kier alpha value is -2.51. The second-order valence-corrected chi connectivity index (χ2v) is 6.54. The van der Waals surface area contributed by atoms with Crippen molar-refractivity contribution in [3.8, 4) is 11.5 Å². The van der Waals surface area contributed by atoms with Crippen molar-refractivity contribution in [2.45, 2.75) is 6.42 Å². The highest BCUT2D eigenvalue weighted by Gasteiger charge is 2.33. The van der Waals surface area contributed by atoms with Gasteiger partial charge in [-0.3, -0.25) is 9.59 Å². The number of hydrogen-bond donors (Lipinski definition) is 1. The number of nitrogens with one attached hydrogen (secondary N) is 1. The molecule has 0 aliphatic heterocycles. The number of ketones is 2. The standard InChI is InChI=1S/C18H17ClFN3O3/c1-23(2)8-4-7-21-12-9-13(24)17-15(16(12)25)22-18(26-17)14-10(19)5-3-6-11(14)20/h3,5-6,9,21H,4,7-8H2,1-2H3. The van der Waals surface area contributed by atoms with Gasteiger partial charge in [0.1, 0.15) is 5.82 Å². The molecule has 26 heavy (non-hydrogen) atoms. The minimum absolute atomic E-state index is 0.0790. The van der Waals surface area contributed by atoms with E-state index in [1.165, 1.54) is 24.3 Å². The maximum absolute atomic E-state index is 14.1. The Morgan fingerprint density at radius 1 is 1.31 bits per heavy atom. The van der Waals surface area contributed by atoms with Crippen LogP contribution in [-0.4, -0.2) is 48.6 Å². The number of allylic oxidation sites excluding steroid dienone is 2. The van der Waals surface area contributed by atoms with Gasteiger partial charge >= 0.3 is 0 Å². The zero-order valence-corrected chi connectivity index (χ0v) is 15.1. The number of oxazole rings is 1. The number of nitrogens with zero attached hydrogens (tertiary/aromatic N) is 2. The molecule has 0 amide bonds. The van der Waals surface area contributed by atoms with Crippen molar-refractivity contribution in [3.63, 3.8) is 0 Å². The number of hydrogen-bond acceptors (Lipinski definition) is 6. The van der Waals surface area contributed by atoms with Crippen LogP contribution in [0.25, 0.3) is 11.5 Å². The normalized spacial score (nSPS) is 13.8. The van der Waals surface area contributed by atoms with E-state index >= 15 is 0 Å². The molecule has 1 aliphatic carbocycles. The summed E-state index contributed by atoms with van der Waals surface area (Å²) in [6.45, 7) is 1.37. The number of benzene rings is 1. The van der Waals surface area contributed by atoms with Crippen LogP contribution < -0.4 is 5.32 Å². The highest BCUT2D eigenvalue weighted by molar-refractivity contribution is 6.33. The van der Waals surface area contributed by atoms with Gasteiger partial charge in [0.2, 0.25) is 23.2 Å². The van der Waals surface area contributed by atoms with Crippen LogP contribution in [0, 0.1) is 5.82 Å². The molecule has 0 atom stereocenters. The Balaban J connectivity index is 1.85. The van der Waals surface area contributed by atoms with E-state index in [9.17, 15) is 14.0 Å². The first-order chi connectivity index (χ1) is 12.4. The summed E-state index contributed by atoms with van der Waals surface area (Å²) in [7, 11) is 3.90. The summed E-state index contributed by atoms with van der Waals surface area (Å²) in [6, 6.07) is 4.12. The monoisotopic (exact) mass is 377 g/mol. The predicted octanol–water partition coefficient (Wildman–Crippen LogP) is 2.94. The average molecular weight is 378 g/mol. The fraction of sp³-hybridized carbons (Fsp3) is 0.278. The topological polar surface area (TPSA) is 75.4 Å². The molecule has 1 aromatic carbocycles. The summed E-state index contributed by atoms with van der Waals surface area (Å²) >= 11 is 6.00. The van der Waals surface area contributed by atoms with Crippen molar-refractivity contribution >= 4 is 23.2 Å². The molecule has 0 saturated heterocycles. The number of halogens is 2. The Morgan fingerprint density at radius 3 is 2.77 bits per heavy atom. The van der Waals surface area contributed by atoms with Gasteiger partial charge in [-0.15, -0.1) is 0 Å². The third kappa shape index (κ3) is 3.54. The number of aromatic nitrogens is 1. The first-order valence-corrected chi connectivity index (χ1v) is 8.41. The number of carbonyl (C=O) groups excluding carboxylic acids is 2. The smallest absolute Gasteiger partial charge is 0.232 e. The van der Waals surface area contributed by atoms with Crippen LogP contribution in [-0.2, 0) is 0 Å². The van der Waals surface area contributed by atoms with Gasteiger partial charge in [-0.1, -0.05) is 17.7 Å². The second-order valence-electron chi connectivity index (χ2n) is 6.13. The SMILES string of the molecule is CN(C)CCCNC1=CC(=O)c2oc(-c3c(F)cccc3Cl)nc2C1=O. The molecule has 1 aliphatic rings. The maximum atomic E-state index is 14.1. The van der Waals surface area contributed by atoms with E-state index in [2.05, 4.69) is 10.3 Å². The number of rotatable bonds is 6. The zero-order chi connectivity index (χ0) is 18.8. The summed E-state index contributed by atoms with van der Waals surface area (Å²) in [6.07, 6.45) is 1.98. The minimum atomic E-state index is -0.647. The third-order valence-corrected chi connectivity index (χ3v) is 4.18. The first kappa shape index (κ1) is 18.3. The highest BCUT2D eigenvalue weighted by atomic mass is 35.5. The molecule has 8 heteroatoms. The Bertz CT molecular complexity index is 885. The van der Waals surface area contributed by atoms with Crippen molar-refractivity contribution in [2.24, 2.45) is 0 Å². The average Bonchev–Trinajstić information content (AvgIpc) is 3.01. The minimum Gasteiger partial charge on any atom is -0.432 e. The van der Waals surface area contributed by atoms with E-state index in [-0.39, 0.29) is 33.6 Å². The first-order valence-electron chi connectivity index (χ1n) is 8.03. The Morgan fingerprint density at radius 2 is 2.08 bits per heavy atom. The molecule has 0 unspecified atom stereocenters. The number of carbonyl (C=O) groups is 2. The van der Waals surface area contributed by atoms with Gasteiger partial charge in [-0.05, 0) is 39.2 Å².